The van der Waals surface area contributed by atoms with E-state index in [1.54, 1.807) is 6.20 Å². The molecule has 0 saturated heterocycles. The molecule has 36 heavy (non-hydrogen) atoms. The Kier molecular flexibility index (Phi) is 6.90. The number of benzene rings is 1. The molecule has 7 nitrogen and oxygen atoms in total. The molecular weight excluding hydrogens is 450 g/mol. The molecule has 1 aliphatic carbocycles. The highest BCUT2D eigenvalue weighted by Crippen LogP contribution is 2.33. The van der Waals surface area contributed by atoms with Gasteiger partial charge in [-0.3, -0.25) is 9.78 Å². The highest BCUT2D eigenvalue weighted by Gasteiger charge is 2.35. The largest absolute Gasteiger partial charge is 0.462 e. The first kappa shape index (κ1) is 24.2. The first-order valence-corrected chi connectivity index (χ1v) is 12.9. The van der Waals surface area contributed by atoms with Crippen LogP contribution in [0.3, 0.4) is 0 Å². The van der Waals surface area contributed by atoms with Gasteiger partial charge in [0, 0.05) is 31.9 Å². The summed E-state index contributed by atoms with van der Waals surface area (Å²) in [6, 6.07) is 16.6. The van der Waals surface area contributed by atoms with Crippen molar-refractivity contribution in [3.8, 4) is 11.5 Å². The molecule has 0 spiro atoms. The number of ether oxygens (including phenoxy) is 1. The summed E-state index contributed by atoms with van der Waals surface area (Å²) < 4.78 is 5.64. The molecule has 1 fully saturated rings. The van der Waals surface area contributed by atoms with E-state index in [9.17, 15) is 4.79 Å². The van der Waals surface area contributed by atoms with Crippen molar-refractivity contribution in [2.75, 3.05) is 29.9 Å². The maximum absolute atomic E-state index is 12.1. The molecule has 0 amide bonds. The standard InChI is InChI=1S/C29H35N5O2/c1-29(2,3)28(35)36-23-16-20(17-23)19-31-25-18-26(33-27(32-25)24-10-6-7-13-30-24)34-14-11-21-8-4-5-9-22(21)12-15-34/h4-10,13,18,20,23H,11-12,14-17,19H2,1-3H3,(H,31,32,33)/t20-,23-. The lowest BCUT2D eigenvalue weighted by Gasteiger charge is -2.36. The average Bonchev–Trinajstić information content (AvgIpc) is 3.08. The molecule has 2 aliphatic rings. The number of fused-ring (bicyclic) bond motifs is 1. The Morgan fingerprint density at radius 1 is 1.03 bits per heavy atom. The van der Waals surface area contributed by atoms with Crippen molar-refractivity contribution in [2.24, 2.45) is 11.3 Å². The summed E-state index contributed by atoms with van der Waals surface area (Å²) in [5, 5.41) is 3.53. The number of nitrogens with zero attached hydrogens (tertiary/aromatic N) is 4. The molecule has 0 radical (unpaired) electrons. The van der Waals surface area contributed by atoms with Crippen LogP contribution in [0.5, 0.6) is 0 Å². The molecule has 0 atom stereocenters. The molecule has 3 aromatic rings. The van der Waals surface area contributed by atoms with Gasteiger partial charge < -0.3 is 15.0 Å². The zero-order chi connectivity index (χ0) is 25.1. The van der Waals surface area contributed by atoms with Crippen molar-refractivity contribution in [1.82, 2.24) is 15.0 Å². The zero-order valence-corrected chi connectivity index (χ0v) is 21.4. The van der Waals surface area contributed by atoms with Crippen molar-refractivity contribution in [1.29, 1.82) is 0 Å². The van der Waals surface area contributed by atoms with Gasteiger partial charge in [0.1, 0.15) is 23.4 Å². The molecule has 0 unspecified atom stereocenters. The SMILES string of the molecule is CC(C)(C)C(=O)O[C@H]1C[C@H](CNc2cc(N3CCc4ccccc4CC3)nc(-c3ccccn3)n2)C1. The molecule has 3 heterocycles. The first-order valence-electron chi connectivity index (χ1n) is 12.9. The van der Waals surface area contributed by atoms with Gasteiger partial charge in [0.15, 0.2) is 5.82 Å². The van der Waals surface area contributed by atoms with Gasteiger partial charge in [-0.25, -0.2) is 9.97 Å². The second kappa shape index (κ2) is 10.2. The van der Waals surface area contributed by atoms with E-state index >= 15 is 0 Å². The summed E-state index contributed by atoms with van der Waals surface area (Å²) in [7, 11) is 0. The maximum Gasteiger partial charge on any atom is 0.311 e. The second-order valence-electron chi connectivity index (χ2n) is 10.9. The Morgan fingerprint density at radius 3 is 2.36 bits per heavy atom. The van der Waals surface area contributed by atoms with Crippen molar-refractivity contribution >= 4 is 17.6 Å². The molecular formula is C29H35N5O2. The number of nitrogens with one attached hydrogen (secondary N) is 1. The minimum atomic E-state index is -0.461. The van der Waals surface area contributed by atoms with Crippen LogP contribution in [0.25, 0.3) is 11.5 Å². The van der Waals surface area contributed by atoms with E-state index in [0.29, 0.717) is 11.7 Å². The average molecular weight is 486 g/mol. The lowest BCUT2D eigenvalue weighted by atomic mass is 9.82. The summed E-state index contributed by atoms with van der Waals surface area (Å²) in [6.07, 6.45) is 5.55. The number of pyridine rings is 1. The van der Waals surface area contributed by atoms with Crippen LogP contribution in [-0.2, 0) is 22.4 Å². The number of carbonyl (C=O) groups is 1. The minimum Gasteiger partial charge on any atom is -0.462 e. The quantitative estimate of drug-likeness (QED) is 0.496. The maximum atomic E-state index is 12.1. The molecule has 0 bridgehead atoms. The highest BCUT2D eigenvalue weighted by molar-refractivity contribution is 5.75. The van der Waals surface area contributed by atoms with Gasteiger partial charge in [-0.15, -0.1) is 0 Å². The van der Waals surface area contributed by atoms with Crippen molar-refractivity contribution in [3.63, 3.8) is 0 Å². The van der Waals surface area contributed by atoms with E-state index in [-0.39, 0.29) is 12.1 Å². The Hall–Kier alpha value is -3.48. The van der Waals surface area contributed by atoms with Gasteiger partial charge in [0.25, 0.3) is 0 Å². The number of aromatic nitrogens is 3. The Bertz CT molecular complexity index is 1170. The number of hydrogen-bond acceptors (Lipinski definition) is 7. The smallest absolute Gasteiger partial charge is 0.311 e. The van der Waals surface area contributed by atoms with E-state index in [4.69, 9.17) is 14.7 Å². The van der Waals surface area contributed by atoms with Crippen LogP contribution in [0.2, 0.25) is 0 Å². The van der Waals surface area contributed by atoms with Crippen LogP contribution < -0.4 is 10.2 Å². The monoisotopic (exact) mass is 485 g/mol. The van der Waals surface area contributed by atoms with Crippen molar-refractivity contribution in [2.45, 2.75) is 52.6 Å². The number of carbonyl (C=O) groups excluding carboxylic acids is 1. The van der Waals surface area contributed by atoms with E-state index in [1.165, 1.54) is 11.1 Å². The fourth-order valence-electron chi connectivity index (χ4n) is 4.71. The second-order valence-corrected chi connectivity index (χ2v) is 10.9. The van der Waals surface area contributed by atoms with Crippen LogP contribution in [0.4, 0.5) is 11.6 Å². The normalized spacial score (nSPS) is 19.6. The van der Waals surface area contributed by atoms with Crippen LogP contribution in [0.15, 0.2) is 54.7 Å². The molecule has 1 aromatic carbocycles. The minimum absolute atomic E-state index is 0.0206. The lowest BCUT2D eigenvalue weighted by molar-refractivity contribution is -0.164. The summed E-state index contributed by atoms with van der Waals surface area (Å²) in [5.41, 5.74) is 3.14. The molecule has 1 aliphatic heterocycles. The Labute approximate surface area is 213 Å². The zero-order valence-electron chi connectivity index (χ0n) is 21.4. The molecule has 188 valence electrons. The van der Waals surface area contributed by atoms with Gasteiger partial charge in [-0.05, 0) is 75.6 Å². The summed E-state index contributed by atoms with van der Waals surface area (Å²) in [6.45, 7) is 8.29. The summed E-state index contributed by atoms with van der Waals surface area (Å²) in [5.74, 6) is 2.68. The lowest BCUT2D eigenvalue weighted by Crippen LogP contribution is -2.39. The predicted molar refractivity (Wildman–Crippen MR) is 142 cm³/mol. The topological polar surface area (TPSA) is 80.2 Å². The van der Waals surface area contributed by atoms with Crippen LogP contribution >= 0.6 is 0 Å². The molecule has 1 saturated carbocycles. The van der Waals surface area contributed by atoms with E-state index in [0.717, 1.165) is 62.6 Å². The molecule has 7 heteroatoms. The molecule has 5 rings (SSSR count). The third-order valence-corrected chi connectivity index (χ3v) is 7.00. The number of rotatable bonds is 6. The number of esters is 1. The van der Waals surface area contributed by atoms with Crippen LogP contribution in [0, 0.1) is 11.3 Å². The van der Waals surface area contributed by atoms with Crippen molar-refractivity contribution in [3.05, 3.63) is 65.9 Å². The number of hydrogen-bond donors (Lipinski definition) is 1. The van der Waals surface area contributed by atoms with Crippen LogP contribution in [0.1, 0.15) is 44.7 Å². The van der Waals surface area contributed by atoms with Gasteiger partial charge in [0.05, 0.1) is 5.41 Å². The van der Waals surface area contributed by atoms with E-state index in [2.05, 4.69) is 45.5 Å². The first-order chi connectivity index (χ1) is 17.3. The van der Waals surface area contributed by atoms with Gasteiger partial charge in [-0.2, -0.15) is 0 Å². The predicted octanol–water partition coefficient (Wildman–Crippen LogP) is 4.92. The van der Waals surface area contributed by atoms with Gasteiger partial charge in [-0.1, -0.05) is 30.3 Å². The highest BCUT2D eigenvalue weighted by atomic mass is 16.5. The molecule has 1 N–H and O–H groups in total. The fraction of sp³-hybridized carbons (Fsp3) is 0.448. The van der Waals surface area contributed by atoms with Gasteiger partial charge in [0.2, 0.25) is 0 Å². The van der Waals surface area contributed by atoms with Gasteiger partial charge >= 0.3 is 5.97 Å². The van der Waals surface area contributed by atoms with Crippen LogP contribution in [-0.4, -0.2) is 46.7 Å². The summed E-state index contributed by atoms with van der Waals surface area (Å²) in [4.78, 5) is 28.7. The van der Waals surface area contributed by atoms with E-state index in [1.807, 2.05) is 39.0 Å². The Balaban J connectivity index is 1.28. The summed E-state index contributed by atoms with van der Waals surface area (Å²) >= 11 is 0. The molecule has 2 aromatic heterocycles. The number of anilines is 2. The third kappa shape index (κ3) is 5.66. The third-order valence-electron chi connectivity index (χ3n) is 7.00. The Morgan fingerprint density at radius 2 is 1.72 bits per heavy atom. The fourth-order valence-corrected chi connectivity index (χ4v) is 4.71. The van der Waals surface area contributed by atoms with E-state index < -0.39 is 5.41 Å². The van der Waals surface area contributed by atoms with Crippen molar-refractivity contribution < 1.29 is 9.53 Å².